The molecule has 4 rings (SSSR count). The minimum Gasteiger partial charge on any atom is -0.478 e. The Morgan fingerprint density at radius 2 is 1.84 bits per heavy atom. The number of carboxylic acids is 1. The molecule has 0 aliphatic carbocycles. The number of halogens is 1. The van der Waals surface area contributed by atoms with Crippen molar-refractivity contribution in [1.82, 2.24) is 5.32 Å². The van der Waals surface area contributed by atoms with Crippen LogP contribution in [0.2, 0.25) is 5.02 Å². The van der Waals surface area contributed by atoms with Crippen molar-refractivity contribution < 1.29 is 23.9 Å². The van der Waals surface area contributed by atoms with E-state index in [2.05, 4.69) is 5.32 Å². The standard InChI is InChI=1S/C22H13ClN2O5S/c23-14-4-6-15(7-5-14)25-20(27)17(19(26)24-22(25)31)11-16-8-9-18(30-16)12-2-1-3-13(10-12)21(28)29/h1-11H,(H,28,29)(H,24,26,31)/b17-11+. The lowest BCUT2D eigenvalue weighted by atomic mass is 10.1. The number of anilines is 1. The van der Waals surface area contributed by atoms with Gasteiger partial charge in [-0.05, 0) is 66.8 Å². The molecular formula is C22H13ClN2O5S. The first-order chi connectivity index (χ1) is 14.8. The fraction of sp³-hybridized carbons (Fsp3) is 0. The number of rotatable bonds is 4. The van der Waals surface area contributed by atoms with Crippen LogP contribution in [0, 0.1) is 0 Å². The first-order valence-corrected chi connectivity index (χ1v) is 9.73. The molecule has 0 atom stereocenters. The van der Waals surface area contributed by atoms with Crippen LogP contribution in [0.15, 0.2) is 70.7 Å². The Bertz CT molecular complexity index is 1260. The number of carbonyl (C=O) groups is 3. The number of hydrogen-bond donors (Lipinski definition) is 2. The van der Waals surface area contributed by atoms with Crippen LogP contribution in [-0.2, 0) is 9.59 Å². The van der Waals surface area contributed by atoms with E-state index in [1.807, 2.05) is 0 Å². The Labute approximate surface area is 186 Å². The summed E-state index contributed by atoms with van der Waals surface area (Å²) in [6.45, 7) is 0. The van der Waals surface area contributed by atoms with Crippen LogP contribution in [0.25, 0.3) is 17.4 Å². The number of thiocarbonyl (C=S) groups is 1. The summed E-state index contributed by atoms with van der Waals surface area (Å²) in [7, 11) is 0. The zero-order valence-corrected chi connectivity index (χ0v) is 17.2. The van der Waals surface area contributed by atoms with Crippen LogP contribution in [0.4, 0.5) is 5.69 Å². The van der Waals surface area contributed by atoms with E-state index in [4.69, 9.17) is 33.3 Å². The molecule has 0 radical (unpaired) electrons. The summed E-state index contributed by atoms with van der Waals surface area (Å²) in [6.07, 6.45) is 1.31. The highest BCUT2D eigenvalue weighted by Gasteiger charge is 2.34. The average molecular weight is 453 g/mol. The minimum absolute atomic E-state index is 0.0416. The molecule has 1 aliphatic rings. The third kappa shape index (κ3) is 4.11. The van der Waals surface area contributed by atoms with Gasteiger partial charge in [-0.25, -0.2) is 4.79 Å². The molecule has 1 aromatic heterocycles. The maximum Gasteiger partial charge on any atom is 0.335 e. The molecule has 0 spiro atoms. The van der Waals surface area contributed by atoms with Crippen LogP contribution in [0.3, 0.4) is 0 Å². The molecule has 2 N–H and O–H groups in total. The summed E-state index contributed by atoms with van der Waals surface area (Å²) in [5.74, 6) is -1.67. The highest BCUT2D eigenvalue weighted by Crippen LogP contribution is 2.27. The Morgan fingerprint density at radius 1 is 1.10 bits per heavy atom. The van der Waals surface area contributed by atoms with Crippen molar-refractivity contribution in [3.8, 4) is 11.3 Å². The number of nitrogens with zero attached hydrogens (tertiary/aromatic N) is 1. The highest BCUT2D eigenvalue weighted by atomic mass is 35.5. The number of hydrogen-bond acceptors (Lipinski definition) is 5. The molecule has 1 saturated heterocycles. The number of carbonyl (C=O) groups excluding carboxylic acids is 2. The van der Waals surface area contributed by atoms with E-state index in [-0.39, 0.29) is 22.0 Å². The van der Waals surface area contributed by atoms with Gasteiger partial charge in [-0.2, -0.15) is 0 Å². The topological polar surface area (TPSA) is 99.9 Å². The van der Waals surface area contributed by atoms with E-state index >= 15 is 0 Å². The van der Waals surface area contributed by atoms with Crippen molar-refractivity contribution in [2.45, 2.75) is 0 Å². The summed E-state index contributed by atoms with van der Waals surface area (Å²) < 4.78 is 5.72. The van der Waals surface area contributed by atoms with E-state index < -0.39 is 17.8 Å². The number of benzene rings is 2. The molecule has 0 bridgehead atoms. The maximum atomic E-state index is 13.0. The maximum absolute atomic E-state index is 13.0. The van der Waals surface area contributed by atoms with Crippen LogP contribution in [-0.4, -0.2) is 28.0 Å². The number of carboxylic acid groups (broad SMARTS) is 1. The number of nitrogens with one attached hydrogen (secondary N) is 1. The Balaban J connectivity index is 1.66. The van der Waals surface area contributed by atoms with Crippen LogP contribution in [0.1, 0.15) is 16.1 Å². The monoisotopic (exact) mass is 452 g/mol. The Kier molecular flexibility index (Phi) is 5.41. The largest absolute Gasteiger partial charge is 0.478 e. The second-order valence-corrected chi connectivity index (χ2v) is 7.35. The van der Waals surface area contributed by atoms with Crippen molar-refractivity contribution in [3.05, 3.63) is 82.6 Å². The second-order valence-electron chi connectivity index (χ2n) is 6.52. The third-order valence-corrected chi connectivity index (χ3v) is 5.03. The predicted octanol–water partition coefficient (Wildman–Crippen LogP) is 4.13. The second kappa shape index (κ2) is 8.17. The fourth-order valence-electron chi connectivity index (χ4n) is 3.02. The van der Waals surface area contributed by atoms with E-state index in [9.17, 15) is 14.4 Å². The van der Waals surface area contributed by atoms with Gasteiger partial charge in [-0.3, -0.25) is 19.8 Å². The van der Waals surface area contributed by atoms with Crippen molar-refractivity contribution in [1.29, 1.82) is 0 Å². The van der Waals surface area contributed by atoms with Gasteiger partial charge in [0.25, 0.3) is 11.8 Å². The van der Waals surface area contributed by atoms with Gasteiger partial charge in [0.15, 0.2) is 5.11 Å². The van der Waals surface area contributed by atoms with E-state index in [1.54, 1.807) is 48.5 Å². The normalized spacial score (nSPS) is 15.3. The summed E-state index contributed by atoms with van der Waals surface area (Å²) in [5, 5.41) is 12.1. The van der Waals surface area contributed by atoms with Crippen LogP contribution in [0.5, 0.6) is 0 Å². The molecule has 1 fully saturated rings. The van der Waals surface area contributed by atoms with Gasteiger partial charge in [0.2, 0.25) is 0 Å². The molecule has 2 aromatic carbocycles. The van der Waals surface area contributed by atoms with Crippen LogP contribution < -0.4 is 10.2 Å². The molecule has 154 valence electrons. The smallest absolute Gasteiger partial charge is 0.335 e. The lowest BCUT2D eigenvalue weighted by Gasteiger charge is -2.28. The summed E-state index contributed by atoms with van der Waals surface area (Å²) in [6, 6.07) is 15.9. The fourth-order valence-corrected chi connectivity index (χ4v) is 3.42. The van der Waals surface area contributed by atoms with Gasteiger partial charge in [0.05, 0.1) is 11.3 Å². The quantitative estimate of drug-likeness (QED) is 0.351. The van der Waals surface area contributed by atoms with Gasteiger partial charge >= 0.3 is 5.97 Å². The van der Waals surface area contributed by atoms with Gasteiger partial charge < -0.3 is 9.52 Å². The van der Waals surface area contributed by atoms with Gasteiger partial charge in [0, 0.05) is 10.6 Å². The van der Waals surface area contributed by atoms with E-state index in [1.165, 1.54) is 23.1 Å². The van der Waals surface area contributed by atoms with Gasteiger partial charge in [-0.15, -0.1) is 0 Å². The number of amides is 2. The van der Waals surface area contributed by atoms with E-state index in [0.717, 1.165) is 0 Å². The molecular weight excluding hydrogens is 440 g/mol. The molecule has 7 nitrogen and oxygen atoms in total. The summed E-state index contributed by atoms with van der Waals surface area (Å²) >= 11 is 11.1. The highest BCUT2D eigenvalue weighted by molar-refractivity contribution is 7.80. The molecule has 2 amide bonds. The Hall–Kier alpha value is -3.75. The zero-order chi connectivity index (χ0) is 22.1. The van der Waals surface area contributed by atoms with Crippen molar-refractivity contribution in [2.75, 3.05) is 4.90 Å². The van der Waals surface area contributed by atoms with Gasteiger partial charge in [-0.1, -0.05) is 23.7 Å². The summed E-state index contributed by atoms with van der Waals surface area (Å²) in [4.78, 5) is 37.8. The van der Waals surface area contributed by atoms with Crippen LogP contribution >= 0.6 is 23.8 Å². The molecule has 2 heterocycles. The van der Waals surface area contributed by atoms with Crippen molar-refractivity contribution in [3.63, 3.8) is 0 Å². The summed E-state index contributed by atoms with van der Waals surface area (Å²) in [5.41, 5.74) is 0.954. The van der Waals surface area contributed by atoms with Crippen molar-refractivity contribution in [2.24, 2.45) is 0 Å². The third-order valence-electron chi connectivity index (χ3n) is 4.49. The number of aromatic carboxylic acids is 1. The average Bonchev–Trinajstić information content (AvgIpc) is 3.21. The Morgan fingerprint density at radius 3 is 2.55 bits per heavy atom. The molecule has 0 saturated carbocycles. The molecule has 31 heavy (non-hydrogen) atoms. The lowest BCUT2D eigenvalue weighted by molar-refractivity contribution is -0.122. The first-order valence-electron chi connectivity index (χ1n) is 8.94. The van der Waals surface area contributed by atoms with E-state index in [0.29, 0.717) is 22.0 Å². The molecule has 3 aromatic rings. The molecule has 9 heteroatoms. The molecule has 1 aliphatic heterocycles. The predicted molar refractivity (Wildman–Crippen MR) is 119 cm³/mol. The SMILES string of the molecule is O=C1NC(=S)N(c2ccc(Cl)cc2)C(=O)/C1=C/c1ccc(-c2cccc(C(=O)O)c2)o1. The number of furan rings is 1. The molecule has 0 unspecified atom stereocenters. The van der Waals surface area contributed by atoms with Gasteiger partial charge in [0.1, 0.15) is 17.1 Å². The van der Waals surface area contributed by atoms with Crippen molar-refractivity contribution >= 4 is 58.5 Å². The zero-order valence-electron chi connectivity index (χ0n) is 15.7. The minimum atomic E-state index is -1.06. The first kappa shape index (κ1) is 20.5. The lowest BCUT2D eigenvalue weighted by Crippen LogP contribution is -2.54.